The van der Waals surface area contributed by atoms with E-state index in [1.54, 1.807) is 12.5 Å². The predicted molar refractivity (Wildman–Crippen MR) is 73.5 cm³/mol. The largest absolute Gasteiger partial charge is 0.244 e. The summed E-state index contributed by atoms with van der Waals surface area (Å²) >= 11 is 8.58. The second kappa shape index (κ2) is 5.59. The van der Waals surface area contributed by atoms with Gasteiger partial charge in [0.25, 0.3) is 0 Å². The Bertz CT molecular complexity index is 462. The van der Waals surface area contributed by atoms with E-state index in [-0.39, 0.29) is 5.38 Å². The van der Waals surface area contributed by atoms with Crippen LogP contribution in [0.1, 0.15) is 16.6 Å². The average Bonchev–Trinajstić information content (AvgIpc) is 2.33. The molecule has 2 nitrogen and oxygen atoms in total. The molecule has 0 N–H and O–H groups in total. The molecule has 0 radical (unpaired) electrons. The van der Waals surface area contributed by atoms with E-state index in [0.29, 0.717) is 0 Å². The maximum atomic E-state index is 6.35. The van der Waals surface area contributed by atoms with Crippen molar-refractivity contribution in [1.29, 1.82) is 0 Å². The quantitative estimate of drug-likeness (QED) is 0.628. The van der Waals surface area contributed by atoms with Gasteiger partial charge in [0.1, 0.15) is 6.33 Å². The monoisotopic (exact) mass is 344 g/mol. The smallest absolute Gasteiger partial charge is 0.115 e. The van der Waals surface area contributed by atoms with Crippen LogP contribution in [0, 0.1) is 3.57 Å². The molecule has 0 saturated carbocycles. The Hall–Kier alpha value is -0.680. The fourth-order valence-corrected chi connectivity index (χ4v) is 2.25. The molecule has 0 aliphatic heterocycles. The second-order valence-electron chi connectivity index (χ2n) is 3.40. The first-order chi connectivity index (χ1) is 7.77. The number of aromatic nitrogens is 2. The fraction of sp³-hybridized carbons (Fsp3) is 0.167. The van der Waals surface area contributed by atoms with Crippen molar-refractivity contribution in [2.45, 2.75) is 11.8 Å². The molecule has 0 bridgehead atoms. The van der Waals surface area contributed by atoms with Crippen LogP contribution in [0.2, 0.25) is 0 Å². The molecule has 2 rings (SSSR count). The summed E-state index contributed by atoms with van der Waals surface area (Å²) < 4.78 is 1.06. The highest BCUT2D eigenvalue weighted by molar-refractivity contribution is 14.1. The van der Waals surface area contributed by atoms with Crippen LogP contribution in [0.25, 0.3) is 0 Å². The lowest BCUT2D eigenvalue weighted by atomic mass is 10.1. The van der Waals surface area contributed by atoms with Gasteiger partial charge in [0.2, 0.25) is 0 Å². The van der Waals surface area contributed by atoms with Gasteiger partial charge in [-0.3, -0.25) is 0 Å². The molecule has 4 heteroatoms. The van der Waals surface area contributed by atoms with Crippen molar-refractivity contribution in [3.63, 3.8) is 0 Å². The summed E-state index contributed by atoms with van der Waals surface area (Å²) in [6.45, 7) is 0. The van der Waals surface area contributed by atoms with Gasteiger partial charge in [-0.25, -0.2) is 9.97 Å². The van der Waals surface area contributed by atoms with Crippen molar-refractivity contribution in [1.82, 2.24) is 9.97 Å². The van der Waals surface area contributed by atoms with Gasteiger partial charge in [-0.2, -0.15) is 0 Å². The van der Waals surface area contributed by atoms with Gasteiger partial charge >= 0.3 is 0 Å². The average molecular weight is 345 g/mol. The highest BCUT2D eigenvalue weighted by atomic mass is 127. The van der Waals surface area contributed by atoms with Crippen molar-refractivity contribution in [2.24, 2.45) is 0 Å². The van der Waals surface area contributed by atoms with Crippen molar-refractivity contribution in [3.05, 3.63) is 57.7 Å². The predicted octanol–water partition coefficient (Wildman–Crippen LogP) is 3.60. The zero-order valence-electron chi connectivity index (χ0n) is 8.48. The van der Waals surface area contributed by atoms with E-state index in [1.165, 1.54) is 0 Å². The second-order valence-corrected chi connectivity index (χ2v) is 5.09. The Morgan fingerprint density at radius 1 is 1.25 bits per heavy atom. The minimum absolute atomic E-state index is 0.0374. The number of hydrogen-bond acceptors (Lipinski definition) is 2. The Balaban J connectivity index is 2.14. The minimum atomic E-state index is -0.0374. The summed E-state index contributed by atoms with van der Waals surface area (Å²) in [5, 5.41) is -0.0374. The molecule has 0 amide bonds. The van der Waals surface area contributed by atoms with Crippen LogP contribution in [0.4, 0.5) is 0 Å². The molecule has 0 saturated heterocycles. The zero-order valence-corrected chi connectivity index (χ0v) is 11.4. The number of halogens is 2. The maximum absolute atomic E-state index is 6.35. The molecule has 0 fully saturated rings. The van der Waals surface area contributed by atoms with Crippen LogP contribution < -0.4 is 0 Å². The Kier molecular flexibility index (Phi) is 4.12. The number of nitrogens with zero attached hydrogens (tertiary/aromatic N) is 2. The molecule has 16 heavy (non-hydrogen) atoms. The topological polar surface area (TPSA) is 25.8 Å². The maximum Gasteiger partial charge on any atom is 0.115 e. The van der Waals surface area contributed by atoms with E-state index in [2.05, 4.69) is 32.6 Å². The Labute approximate surface area is 113 Å². The molecule has 2 aromatic rings. The van der Waals surface area contributed by atoms with Gasteiger partial charge < -0.3 is 0 Å². The van der Waals surface area contributed by atoms with Crippen LogP contribution in [0.15, 0.2) is 42.9 Å². The molecular formula is C12H10ClIN2. The molecule has 1 aromatic heterocycles. The molecule has 0 aliphatic rings. The third-order valence-electron chi connectivity index (χ3n) is 2.28. The third-order valence-corrected chi connectivity index (χ3v) is 3.59. The van der Waals surface area contributed by atoms with Crippen LogP contribution in [-0.4, -0.2) is 9.97 Å². The van der Waals surface area contributed by atoms with Crippen molar-refractivity contribution < 1.29 is 0 Å². The van der Waals surface area contributed by atoms with E-state index >= 15 is 0 Å². The van der Waals surface area contributed by atoms with Gasteiger partial charge in [0, 0.05) is 12.6 Å². The Morgan fingerprint density at radius 3 is 2.69 bits per heavy atom. The number of alkyl halides is 1. The zero-order chi connectivity index (χ0) is 11.4. The number of hydrogen-bond donors (Lipinski definition) is 0. The molecule has 1 aromatic carbocycles. The highest BCUT2D eigenvalue weighted by Gasteiger charge is 2.11. The first-order valence-corrected chi connectivity index (χ1v) is 6.42. The summed E-state index contributed by atoms with van der Waals surface area (Å²) in [7, 11) is 0. The van der Waals surface area contributed by atoms with E-state index in [0.717, 1.165) is 21.2 Å². The molecule has 0 spiro atoms. The van der Waals surface area contributed by atoms with Gasteiger partial charge in [-0.05, 0) is 28.2 Å². The lowest BCUT2D eigenvalue weighted by molar-refractivity contribution is 0.862. The van der Waals surface area contributed by atoms with Crippen molar-refractivity contribution >= 4 is 34.2 Å². The van der Waals surface area contributed by atoms with Gasteiger partial charge in [-0.15, -0.1) is 11.6 Å². The lowest BCUT2D eigenvalue weighted by Crippen LogP contribution is -2.01. The molecule has 0 aliphatic carbocycles. The van der Waals surface area contributed by atoms with E-state index in [4.69, 9.17) is 11.6 Å². The first kappa shape index (κ1) is 11.8. The van der Waals surface area contributed by atoms with Crippen LogP contribution in [0.5, 0.6) is 0 Å². The van der Waals surface area contributed by atoms with E-state index in [9.17, 15) is 0 Å². The summed E-state index contributed by atoms with van der Waals surface area (Å²) in [6.07, 6.45) is 4.09. The Morgan fingerprint density at radius 2 is 2.00 bits per heavy atom. The number of rotatable bonds is 3. The van der Waals surface area contributed by atoms with E-state index < -0.39 is 0 Å². The van der Waals surface area contributed by atoms with Crippen LogP contribution in [-0.2, 0) is 6.42 Å². The summed E-state index contributed by atoms with van der Waals surface area (Å²) in [5.41, 5.74) is 2.12. The molecule has 82 valence electrons. The standard InChI is InChI=1S/C12H10ClIN2/c13-10(9-4-2-1-3-5-9)6-12-11(14)7-15-8-16-12/h1-5,7-8,10H,6H2. The summed E-state index contributed by atoms with van der Waals surface area (Å²) in [4.78, 5) is 8.20. The molecule has 1 heterocycles. The molecular weight excluding hydrogens is 335 g/mol. The fourth-order valence-electron chi connectivity index (χ4n) is 1.44. The lowest BCUT2D eigenvalue weighted by Gasteiger charge is -2.09. The number of benzene rings is 1. The van der Waals surface area contributed by atoms with Crippen molar-refractivity contribution in [3.8, 4) is 0 Å². The first-order valence-electron chi connectivity index (χ1n) is 4.91. The van der Waals surface area contributed by atoms with Gasteiger partial charge in [-0.1, -0.05) is 30.3 Å². The summed E-state index contributed by atoms with van der Waals surface area (Å²) in [5.74, 6) is 0. The highest BCUT2D eigenvalue weighted by Crippen LogP contribution is 2.25. The van der Waals surface area contributed by atoms with Gasteiger partial charge in [0.05, 0.1) is 14.6 Å². The SMILES string of the molecule is ClC(Cc1ncncc1I)c1ccccc1. The molecule has 1 unspecified atom stereocenters. The van der Waals surface area contributed by atoms with Crippen molar-refractivity contribution in [2.75, 3.05) is 0 Å². The van der Waals surface area contributed by atoms with Crippen LogP contribution >= 0.6 is 34.2 Å². The minimum Gasteiger partial charge on any atom is -0.244 e. The third kappa shape index (κ3) is 2.92. The van der Waals surface area contributed by atoms with Crippen LogP contribution in [0.3, 0.4) is 0 Å². The van der Waals surface area contributed by atoms with Gasteiger partial charge in [0.15, 0.2) is 0 Å². The van der Waals surface area contributed by atoms with E-state index in [1.807, 2.05) is 30.3 Å². The molecule has 1 atom stereocenters. The normalized spacial score (nSPS) is 12.4. The summed E-state index contributed by atoms with van der Waals surface area (Å²) in [6, 6.07) is 10.0.